The topological polar surface area (TPSA) is 51.2 Å². The van der Waals surface area contributed by atoms with E-state index in [0.717, 1.165) is 10.0 Å². The van der Waals surface area contributed by atoms with Gasteiger partial charge in [0, 0.05) is 16.7 Å². The molecule has 0 aliphatic rings. The van der Waals surface area contributed by atoms with Crippen molar-refractivity contribution in [3.8, 4) is 5.75 Å². The first-order chi connectivity index (χ1) is 9.60. The first-order valence-corrected chi connectivity index (χ1v) is 6.96. The summed E-state index contributed by atoms with van der Waals surface area (Å²) in [7, 11) is 1.56. The molecule has 0 saturated carbocycles. The minimum Gasteiger partial charge on any atom is -0.497 e. The summed E-state index contributed by atoms with van der Waals surface area (Å²) in [5.41, 5.74) is 1.37. The van der Waals surface area contributed by atoms with E-state index in [4.69, 9.17) is 4.74 Å². The number of amides is 1. The number of nitrogens with zero attached hydrogens (tertiary/aromatic N) is 1. The lowest BCUT2D eigenvalue weighted by molar-refractivity contribution is 0.0934. The number of halogens is 1. The lowest BCUT2D eigenvalue weighted by Gasteiger charge is -2.14. The fourth-order valence-corrected chi connectivity index (χ4v) is 2.03. The van der Waals surface area contributed by atoms with Crippen molar-refractivity contribution < 1.29 is 9.53 Å². The van der Waals surface area contributed by atoms with E-state index in [0.29, 0.717) is 11.4 Å². The number of pyridine rings is 1. The molecule has 4 nitrogen and oxygen atoms in total. The van der Waals surface area contributed by atoms with E-state index in [1.165, 1.54) is 0 Å². The molecular formula is C15H15BrN2O2. The molecule has 1 atom stereocenters. The quantitative estimate of drug-likeness (QED) is 0.932. The first kappa shape index (κ1) is 14.5. The maximum atomic E-state index is 12.1. The lowest BCUT2D eigenvalue weighted by Crippen LogP contribution is -2.27. The summed E-state index contributed by atoms with van der Waals surface area (Å²) in [4.78, 5) is 16.2. The van der Waals surface area contributed by atoms with Crippen molar-refractivity contribution in [1.29, 1.82) is 0 Å². The second kappa shape index (κ2) is 6.52. The normalized spacial score (nSPS) is 11.8. The van der Waals surface area contributed by atoms with E-state index in [9.17, 15) is 4.79 Å². The molecule has 1 unspecified atom stereocenters. The van der Waals surface area contributed by atoms with E-state index < -0.39 is 0 Å². The Bertz CT molecular complexity index is 599. The van der Waals surface area contributed by atoms with Crippen LogP contribution in [0.5, 0.6) is 5.75 Å². The van der Waals surface area contributed by atoms with Crippen LogP contribution in [0.4, 0.5) is 0 Å². The van der Waals surface area contributed by atoms with Gasteiger partial charge in [-0.05, 0) is 30.7 Å². The number of benzene rings is 1. The van der Waals surface area contributed by atoms with E-state index in [2.05, 4.69) is 26.2 Å². The molecule has 1 aromatic carbocycles. The fourth-order valence-electron chi connectivity index (χ4n) is 1.77. The number of nitrogens with one attached hydrogen (secondary N) is 1. The number of carbonyl (C=O) groups excluding carboxylic acids is 1. The van der Waals surface area contributed by atoms with Crippen LogP contribution in [0.1, 0.15) is 29.0 Å². The third-order valence-electron chi connectivity index (χ3n) is 2.92. The maximum Gasteiger partial charge on any atom is 0.270 e. The van der Waals surface area contributed by atoms with Gasteiger partial charge in [0.1, 0.15) is 11.4 Å². The maximum absolute atomic E-state index is 12.1. The highest BCUT2D eigenvalue weighted by Crippen LogP contribution is 2.17. The fraction of sp³-hybridized carbons (Fsp3) is 0.200. The van der Waals surface area contributed by atoms with E-state index in [1.54, 1.807) is 25.4 Å². The van der Waals surface area contributed by atoms with Crippen molar-refractivity contribution in [2.24, 2.45) is 0 Å². The van der Waals surface area contributed by atoms with E-state index in [-0.39, 0.29) is 11.9 Å². The van der Waals surface area contributed by atoms with Crippen molar-refractivity contribution in [2.75, 3.05) is 7.11 Å². The summed E-state index contributed by atoms with van der Waals surface area (Å²) >= 11 is 3.39. The molecule has 104 valence electrons. The molecule has 0 radical (unpaired) electrons. The third-order valence-corrected chi connectivity index (χ3v) is 3.45. The van der Waals surface area contributed by atoms with Gasteiger partial charge in [-0.2, -0.15) is 0 Å². The first-order valence-electron chi connectivity index (χ1n) is 6.16. The van der Waals surface area contributed by atoms with Gasteiger partial charge < -0.3 is 10.1 Å². The van der Waals surface area contributed by atoms with Crippen LogP contribution in [-0.4, -0.2) is 18.0 Å². The van der Waals surface area contributed by atoms with Crippen molar-refractivity contribution in [3.05, 3.63) is 58.3 Å². The van der Waals surface area contributed by atoms with Gasteiger partial charge in [0.05, 0.1) is 13.2 Å². The van der Waals surface area contributed by atoms with Crippen LogP contribution < -0.4 is 10.1 Å². The Morgan fingerprint density at radius 1 is 1.30 bits per heavy atom. The minimum atomic E-state index is -0.223. The summed E-state index contributed by atoms with van der Waals surface area (Å²) in [5, 5.41) is 2.91. The summed E-state index contributed by atoms with van der Waals surface area (Å²) < 4.78 is 6.09. The number of ether oxygens (including phenoxy) is 1. The van der Waals surface area contributed by atoms with Crippen LogP contribution in [0.2, 0.25) is 0 Å². The number of aromatic nitrogens is 1. The highest BCUT2D eigenvalue weighted by Gasteiger charge is 2.13. The lowest BCUT2D eigenvalue weighted by atomic mass is 10.1. The Kier molecular flexibility index (Phi) is 4.74. The van der Waals surface area contributed by atoms with Crippen molar-refractivity contribution in [3.63, 3.8) is 0 Å². The van der Waals surface area contributed by atoms with Crippen molar-refractivity contribution >= 4 is 21.8 Å². The Labute approximate surface area is 126 Å². The summed E-state index contributed by atoms with van der Waals surface area (Å²) in [6.07, 6.45) is 1.55. The molecule has 0 fully saturated rings. The van der Waals surface area contributed by atoms with Gasteiger partial charge in [0.15, 0.2) is 0 Å². The highest BCUT2D eigenvalue weighted by atomic mass is 79.9. The molecule has 2 rings (SSSR count). The van der Waals surface area contributed by atoms with Crippen LogP contribution in [0.15, 0.2) is 47.1 Å². The average Bonchev–Trinajstić information content (AvgIpc) is 2.47. The molecular weight excluding hydrogens is 320 g/mol. The van der Waals surface area contributed by atoms with Crippen molar-refractivity contribution in [2.45, 2.75) is 13.0 Å². The zero-order valence-corrected chi connectivity index (χ0v) is 12.8. The second-order valence-corrected chi connectivity index (χ2v) is 5.24. The Morgan fingerprint density at radius 3 is 2.65 bits per heavy atom. The number of carbonyl (C=O) groups is 1. The van der Waals surface area contributed by atoms with E-state index in [1.807, 2.05) is 31.2 Å². The molecule has 0 saturated heterocycles. The minimum absolute atomic E-state index is 0.0939. The molecule has 0 aliphatic heterocycles. The molecule has 2 aromatic rings. The van der Waals surface area contributed by atoms with Crippen LogP contribution in [0, 0.1) is 0 Å². The SMILES string of the molecule is COc1ccnc(C(=O)NC(C)c2ccc(Br)cc2)c1. The molecule has 1 heterocycles. The molecule has 5 heteroatoms. The predicted molar refractivity (Wildman–Crippen MR) is 80.8 cm³/mol. The van der Waals surface area contributed by atoms with Gasteiger partial charge in [-0.15, -0.1) is 0 Å². The second-order valence-electron chi connectivity index (χ2n) is 4.33. The Morgan fingerprint density at radius 2 is 2.00 bits per heavy atom. The monoisotopic (exact) mass is 334 g/mol. The van der Waals surface area contributed by atoms with Crippen LogP contribution in [-0.2, 0) is 0 Å². The summed E-state index contributed by atoms with van der Waals surface area (Å²) in [5.74, 6) is 0.390. The third kappa shape index (κ3) is 3.57. The predicted octanol–water partition coefficient (Wildman–Crippen LogP) is 3.34. The standard InChI is InChI=1S/C15H15BrN2O2/c1-10(11-3-5-12(16)6-4-11)18-15(19)14-9-13(20-2)7-8-17-14/h3-10H,1-2H3,(H,18,19). The van der Waals surface area contributed by atoms with Gasteiger partial charge in [-0.3, -0.25) is 9.78 Å². The molecule has 0 spiro atoms. The van der Waals surface area contributed by atoms with Gasteiger partial charge in [0.25, 0.3) is 5.91 Å². The van der Waals surface area contributed by atoms with Crippen molar-refractivity contribution in [1.82, 2.24) is 10.3 Å². The summed E-state index contributed by atoms with van der Waals surface area (Å²) in [6, 6.07) is 11.0. The Hall–Kier alpha value is -1.88. The van der Waals surface area contributed by atoms with Crippen LogP contribution >= 0.6 is 15.9 Å². The zero-order chi connectivity index (χ0) is 14.5. The average molecular weight is 335 g/mol. The largest absolute Gasteiger partial charge is 0.497 e. The molecule has 0 aliphatic carbocycles. The van der Waals surface area contributed by atoms with Gasteiger partial charge in [-0.1, -0.05) is 28.1 Å². The highest BCUT2D eigenvalue weighted by molar-refractivity contribution is 9.10. The zero-order valence-electron chi connectivity index (χ0n) is 11.3. The number of hydrogen-bond donors (Lipinski definition) is 1. The van der Waals surface area contributed by atoms with Gasteiger partial charge in [-0.25, -0.2) is 0 Å². The van der Waals surface area contributed by atoms with Crippen LogP contribution in [0.25, 0.3) is 0 Å². The summed E-state index contributed by atoms with van der Waals surface area (Å²) in [6.45, 7) is 1.93. The van der Waals surface area contributed by atoms with Gasteiger partial charge >= 0.3 is 0 Å². The number of rotatable bonds is 4. The van der Waals surface area contributed by atoms with Gasteiger partial charge in [0.2, 0.25) is 0 Å². The molecule has 1 amide bonds. The van der Waals surface area contributed by atoms with Crippen LogP contribution in [0.3, 0.4) is 0 Å². The smallest absolute Gasteiger partial charge is 0.270 e. The molecule has 1 N–H and O–H groups in total. The molecule has 1 aromatic heterocycles. The number of methoxy groups -OCH3 is 1. The van der Waals surface area contributed by atoms with E-state index >= 15 is 0 Å². The molecule has 20 heavy (non-hydrogen) atoms. The number of hydrogen-bond acceptors (Lipinski definition) is 3. The molecule has 0 bridgehead atoms. The Balaban J connectivity index is 2.08.